The molecule has 2 N–H and O–H groups in total. The summed E-state index contributed by atoms with van der Waals surface area (Å²) in [5, 5.41) is 9.60. The highest BCUT2D eigenvalue weighted by atomic mass is 35.5. The average Bonchev–Trinajstić information content (AvgIpc) is 2.98. The Labute approximate surface area is 126 Å². The Bertz CT molecular complexity index is 596. The summed E-state index contributed by atoms with van der Waals surface area (Å²) in [6, 6.07) is 5.16. The van der Waals surface area contributed by atoms with Crippen molar-refractivity contribution in [2.24, 2.45) is 0 Å². The van der Waals surface area contributed by atoms with Crippen molar-refractivity contribution in [3.63, 3.8) is 0 Å². The Morgan fingerprint density at radius 1 is 1.45 bits per heavy atom. The van der Waals surface area contributed by atoms with Gasteiger partial charge in [0.1, 0.15) is 0 Å². The second-order valence-corrected chi connectivity index (χ2v) is 6.32. The van der Waals surface area contributed by atoms with Crippen molar-refractivity contribution < 1.29 is 9.32 Å². The molecule has 0 aliphatic heterocycles. The van der Waals surface area contributed by atoms with E-state index in [9.17, 15) is 4.79 Å². The van der Waals surface area contributed by atoms with E-state index in [1.165, 1.54) is 11.3 Å². The average molecular weight is 314 g/mol. The van der Waals surface area contributed by atoms with Gasteiger partial charge in [0.2, 0.25) is 11.8 Å². The van der Waals surface area contributed by atoms with Crippen LogP contribution < -0.4 is 10.6 Å². The Kier molecular flexibility index (Phi) is 4.80. The van der Waals surface area contributed by atoms with Gasteiger partial charge in [-0.25, -0.2) is 0 Å². The van der Waals surface area contributed by atoms with Gasteiger partial charge in [-0.05, 0) is 32.9 Å². The van der Waals surface area contributed by atoms with Crippen LogP contribution in [0.3, 0.4) is 0 Å². The van der Waals surface area contributed by atoms with E-state index in [-0.39, 0.29) is 18.0 Å². The molecule has 0 aromatic carbocycles. The van der Waals surface area contributed by atoms with Crippen LogP contribution in [-0.4, -0.2) is 17.1 Å². The SMILES string of the molecule is Cc1cc(NC(=O)[C@@H](C)N[C@H](C)c2ccc(Cl)s2)on1. The number of hydrogen-bond acceptors (Lipinski definition) is 5. The normalized spacial score (nSPS) is 14.0. The van der Waals surface area contributed by atoms with Crippen molar-refractivity contribution in [3.8, 4) is 0 Å². The summed E-state index contributed by atoms with van der Waals surface area (Å²) >= 11 is 7.40. The minimum absolute atomic E-state index is 0.0460. The van der Waals surface area contributed by atoms with Gasteiger partial charge in [-0.15, -0.1) is 11.3 Å². The summed E-state index contributed by atoms with van der Waals surface area (Å²) in [6.45, 7) is 5.58. The molecule has 0 radical (unpaired) electrons. The van der Waals surface area contributed by atoms with Crippen LogP contribution in [0.4, 0.5) is 5.88 Å². The quantitative estimate of drug-likeness (QED) is 0.888. The summed E-state index contributed by atoms with van der Waals surface area (Å²) in [6.07, 6.45) is 0. The maximum atomic E-state index is 12.0. The van der Waals surface area contributed by atoms with Gasteiger partial charge in [0.15, 0.2) is 0 Å². The van der Waals surface area contributed by atoms with E-state index in [2.05, 4.69) is 15.8 Å². The predicted molar refractivity (Wildman–Crippen MR) is 80.2 cm³/mol. The Balaban J connectivity index is 1.90. The third-order valence-electron chi connectivity index (χ3n) is 2.79. The smallest absolute Gasteiger partial charge is 0.243 e. The van der Waals surface area contributed by atoms with E-state index in [0.717, 1.165) is 14.9 Å². The van der Waals surface area contributed by atoms with Crippen LogP contribution in [-0.2, 0) is 4.79 Å². The van der Waals surface area contributed by atoms with E-state index in [1.807, 2.05) is 19.1 Å². The second-order valence-electron chi connectivity index (χ2n) is 4.57. The number of halogens is 1. The third-order valence-corrected chi connectivity index (χ3v) is 4.20. The minimum atomic E-state index is -0.365. The molecule has 2 heterocycles. The Morgan fingerprint density at radius 2 is 2.20 bits per heavy atom. The standard InChI is InChI=1S/C13H16ClN3O2S/c1-7-6-12(19-17-7)16-13(18)9(3)15-8(2)10-4-5-11(14)20-10/h4-6,8-9,15H,1-3H3,(H,16,18)/t8-,9-/m1/s1. The van der Waals surface area contributed by atoms with Crippen molar-refractivity contribution in [1.82, 2.24) is 10.5 Å². The van der Waals surface area contributed by atoms with Crippen LogP contribution >= 0.6 is 22.9 Å². The molecule has 0 aliphatic rings. The molecule has 0 unspecified atom stereocenters. The lowest BCUT2D eigenvalue weighted by atomic mass is 10.2. The molecule has 0 bridgehead atoms. The Hall–Kier alpha value is -1.37. The first-order valence-electron chi connectivity index (χ1n) is 6.21. The van der Waals surface area contributed by atoms with Gasteiger partial charge < -0.3 is 4.52 Å². The molecule has 5 nitrogen and oxygen atoms in total. The molecule has 7 heteroatoms. The number of nitrogens with one attached hydrogen (secondary N) is 2. The highest BCUT2D eigenvalue weighted by Gasteiger charge is 2.18. The van der Waals surface area contributed by atoms with Gasteiger partial charge in [-0.1, -0.05) is 16.8 Å². The number of anilines is 1. The number of aryl methyl sites for hydroxylation is 1. The number of amides is 1. The lowest BCUT2D eigenvalue weighted by Gasteiger charge is -2.17. The third kappa shape index (κ3) is 3.82. The van der Waals surface area contributed by atoms with E-state index in [0.29, 0.717) is 5.88 Å². The summed E-state index contributed by atoms with van der Waals surface area (Å²) < 4.78 is 5.69. The fourth-order valence-corrected chi connectivity index (χ4v) is 2.82. The van der Waals surface area contributed by atoms with Crippen molar-refractivity contribution in [2.75, 3.05) is 5.32 Å². The predicted octanol–water partition coefficient (Wildman–Crippen LogP) is 3.38. The van der Waals surface area contributed by atoms with Gasteiger partial charge >= 0.3 is 0 Å². The summed E-state index contributed by atoms with van der Waals surface area (Å²) in [5.74, 6) is 0.184. The van der Waals surface area contributed by atoms with Crippen LogP contribution in [0.1, 0.15) is 30.5 Å². The first-order chi connectivity index (χ1) is 9.45. The minimum Gasteiger partial charge on any atom is -0.338 e. The van der Waals surface area contributed by atoms with E-state index >= 15 is 0 Å². The van der Waals surface area contributed by atoms with Crippen LogP contribution in [0.25, 0.3) is 0 Å². The molecule has 0 saturated heterocycles. The molecule has 20 heavy (non-hydrogen) atoms. The lowest BCUT2D eigenvalue weighted by molar-refractivity contribution is -0.118. The zero-order valence-corrected chi connectivity index (χ0v) is 13.0. The molecule has 0 aliphatic carbocycles. The lowest BCUT2D eigenvalue weighted by Crippen LogP contribution is -2.39. The molecule has 2 atom stereocenters. The zero-order valence-electron chi connectivity index (χ0n) is 11.4. The fourth-order valence-electron chi connectivity index (χ4n) is 1.75. The Morgan fingerprint density at radius 3 is 2.75 bits per heavy atom. The molecule has 2 aromatic heterocycles. The topological polar surface area (TPSA) is 67.2 Å². The molecule has 2 aromatic rings. The van der Waals surface area contributed by atoms with Crippen molar-refractivity contribution in [1.29, 1.82) is 0 Å². The molecule has 2 rings (SSSR count). The van der Waals surface area contributed by atoms with E-state index in [1.54, 1.807) is 19.9 Å². The first kappa shape index (κ1) is 15.0. The van der Waals surface area contributed by atoms with Gasteiger partial charge in [-0.3, -0.25) is 15.4 Å². The van der Waals surface area contributed by atoms with Crippen molar-refractivity contribution in [3.05, 3.63) is 33.1 Å². The van der Waals surface area contributed by atoms with E-state index < -0.39 is 0 Å². The van der Waals surface area contributed by atoms with E-state index in [4.69, 9.17) is 16.1 Å². The molecular formula is C13H16ClN3O2S. The second kappa shape index (κ2) is 6.39. The van der Waals surface area contributed by atoms with Crippen LogP contribution in [0.15, 0.2) is 22.7 Å². The zero-order chi connectivity index (χ0) is 14.7. The maximum Gasteiger partial charge on any atom is 0.243 e. The van der Waals surface area contributed by atoms with Gasteiger partial charge in [0, 0.05) is 17.0 Å². The first-order valence-corrected chi connectivity index (χ1v) is 7.40. The van der Waals surface area contributed by atoms with Crippen LogP contribution in [0.2, 0.25) is 4.34 Å². The molecular weight excluding hydrogens is 298 g/mol. The van der Waals surface area contributed by atoms with Gasteiger partial charge in [0.25, 0.3) is 0 Å². The molecule has 0 spiro atoms. The van der Waals surface area contributed by atoms with Crippen molar-refractivity contribution >= 4 is 34.7 Å². The molecule has 0 fully saturated rings. The molecule has 0 saturated carbocycles. The number of thiophene rings is 1. The van der Waals surface area contributed by atoms with Gasteiger partial charge in [-0.2, -0.15) is 0 Å². The number of carbonyl (C=O) groups excluding carboxylic acids is 1. The highest BCUT2D eigenvalue weighted by Crippen LogP contribution is 2.26. The monoisotopic (exact) mass is 313 g/mol. The molecule has 1 amide bonds. The van der Waals surface area contributed by atoms with Crippen molar-refractivity contribution in [2.45, 2.75) is 32.9 Å². The fraction of sp³-hybridized carbons (Fsp3) is 0.385. The van der Waals surface area contributed by atoms with Gasteiger partial charge in [0.05, 0.1) is 16.1 Å². The summed E-state index contributed by atoms with van der Waals surface area (Å²) in [7, 11) is 0. The molecule has 108 valence electrons. The number of nitrogens with zero attached hydrogens (tertiary/aromatic N) is 1. The maximum absolute atomic E-state index is 12.0. The number of aromatic nitrogens is 1. The highest BCUT2D eigenvalue weighted by molar-refractivity contribution is 7.16. The van der Waals surface area contributed by atoms with Crippen LogP contribution in [0, 0.1) is 6.92 Å². The van der Waals surface area contributed by atoms with Crippen LogP contribution in [0.5, 0.6) is 0 Å². The number of carbonyl (C=O) groups is 1. The summed E-state index contributed by atoms with van der Waals surface area (Å²) in [4.78, 5) is 13.1. The number of hydrogen-bond donors (Lipinski definition) is 2. The number of rotatable bonds is 5. The summed E-state index contributed by atoms with van der Waals surface area (Å²) in [5.41, 5.74) is 0.725. The largest absolute Gasteiger partial charge is 0.338 e.